The highest BCUT2D eigenvalue weighted by Gasteiger charge is 2.30. The van der Waals surface area contributed by atoms with E-state index in [1.54, 1.807) is 5.54 Å². The molecule has 0 atom stereocenters. The number of benzene rings is 1. The first-order chi connectivity index (χ1) is 11.7. The minimum absolute atomic E-state index is 0.745. The maximum atomic E-state index is 5.97. The summed E-state index contributed by atoms with van der Waals surface area (Å²) in [4.78, 5) is 0. The number of hydrogen-bond acceptors (Lipinski definition) is 0. The van der Waals surface area contributed by atoms with E-state index in [1.165, 1.54) is 69.8 Å². The second-order valence-corrected chi connectivity index (χ2v) is 8.63. The van der Waals surface area contributed by atoms with Crippen molar-refractivity contribution in [3.05, 3.63) is 46.5 Å². The molecule has 0 amide bonds. The van der Waals surface area contributed by atoms with Crippen LogP contribution < -0.4 is 0 Å². The molecule has 1 aromatic rings. The van der Waals surface area contributed by atoms with Crippen LogP contribution in [-0.2, 0) is 6.42 Å². The zero-order valence-corrected chi connectivity index (χ0v) is 16.1. The van der Waals surface area contributed by atoms with E-state index in [9.17, 15) is 0 Å². The molecule has 2 saturated carbocycles. The molecule has 0 heterocycles. The first kappa shape index (κ1) is 18.3. The number of rotatable bonds is 5. The van der Waals surface area contributed by atoms with Crippen LogP contribution in [0.15, 0.2) is 35.9 Å². The Labute approximate surface area is 157 Å². The Bertz CT molecular complexity index is 503. The molecular formula is C22H30Cl2. The van der Waals surface area contributed by atoms with Gasteiger partial charge in [0.15, 0.2) is 0 Å². The molecule has 0 spiro atoms. The van der Waals surface area contributed by atoms with Crippen molar-refractivity contribution in [1.82, 2.24) is 0 Å². The molecule has 1 aromatic carbocycles. The predicted molar refractivity (Wildman–Crippen MR) is 106 cm³/mol. The van der Waals surface area contributed by atoms with Crippen molar-refractivity contribution in [3.63, 3.8) is 0 Å². The minimum atomic E-state index is 0.745. The normalized spacial score (nSPS) is 31.4. The molecule has 0 aliphatic heterocycles. The van der Waals surface area contributed by atoms with Gasteiger partial charge in [-0.2, -0.15) is 0 Å². The lowest BCUT2D eigenvalue weighted by Gasteiger charge is -2.37. The average molecular weight is 365 g/mol. The van der Waals surface area contributed by atoms with Gasteiger partial charge in [-0.15, -0.1) is 0 Å². The summed E-state index contributed by atoms with van der Waals surface area (Å²) in [6, 6.07) is 8.40. The van der Waals surface area contributed by atoms with Crippen molar-refractivity contribution < 1.29 is 0 Å². The lowest BCUT2D eigenvalue weighted by atomic mass is 9.68. The quantitative estimate of drug-likeness (QED) is 0.503. The van der Waals surface area contributed by atoms with Gasteiger partial charge >= 0.3 is 0 Å². The second-order valence-electron chi connectivity index (χ2n) is 7.94. The average Bonchev–Trinajstić information content (AvgIpc) is 2.63. The van der Waals surface area contributed by atoms with E-state index in [-0.39, 0.29) is 0 Å². The summed E-state index contributed by atoms with van der Waals surface area (Å²) in [5.41, 5.74) is 3.16. The van der Waals surface area contributed by atoms with Crippen molar-refractivity contribution in [2.75, 3.05) is 0 Å². The maximum Gasteiger partial charge on any atom is 0.0406 e. The van der Waals surface area contributed by atoms with Crippen LogP contribution >= 0.6 is 23.2 Å². The van der Waals surface area contributed by atoms with Crippen LogP contribution in [0.2, 0.25) is 5.02 Å². The van der Waals surface area contributed by atoms with E-state index in [0.717, 1.165) is 28.7 Å². The topological polar surface area (TPSA) is 0 Å². The summed E-state index contributed by atoms with van der Waals surface area (Å²) in [7, 11) is 0. The summed E-state index contributed by atoms with van der Waals surface area (Å²) in [5, 5.41) is 0.843. The van der Waals surface area contributed by atoms with Crippen molar-refractivity contribution in [2.24, 2.45) is 23.7 Å². The number of allylic oxidation sites excluding steroid dienone is 1. The Morgan fingerprint density at radius 2 is 1.42 bits per heavy atom. The molecule has 2 aliphatic rings. The van der Waals surface area contributed by atoms with Crippen molar-refractivity contribution in [1.29, 1.82) is 0 Å². The van der Waals surface area contributed by atoms with Gasteiger partial charge < -0.3 is 0 Å². The predicted octanol–water partition coefficient (Wildman–Crippen LogP) is 7.64. The second kappa shape index (κ2) is 9.30. The van der Waals surface area contributed by atoms with Crippen molar-refractivity contribution in [3.8, 4) is 0 Å². The van der Waals surface area contributed by atoms with Gasteiger partial charge in [-0.1, -0.05) is 54.3 Å². The van der Waals surface area contributed by atoms with Gasteiger partial charge in [0.25, 0.3) is 0 Å². The van der Waals surface area contributed by atoms with Gasteiger partial charge in [-0.3, -0.25) is 0 Å². The van der Waals surface area contributed by atoms with Crippen LogP contribution in [0.1, 0.15) is 63.4 Å². The smallest absolute Gasteiger partial charge is 0.0406 e. The molecule has 2 aliphatic carbocycles. The van der Waals surface area contributed by atoms with E-state index >= 15 is 0 Å². The SMILES string of the molecule is ClC=CC1CCC(C2CCC(CCc3ccc(Cl)cc3)CC2)CC1. The fourth-order valence-corrected chi connectivity index (χ4v) is 5.21. The van der Waals surface area contributed by atoms with Gasteiger partial charge in [-0.25, -0.2) is 0 Å². The van der Waals surface area contributed by atoms with Crippen LogP contribution in [0.25, 0.3) is 0 Å². The zero-order chi connectivity index (χ0) is 16.8. The fraction of sp³-hybridized carbons (Fsp3) is 0.636. The Morgan fingerprint density at radius 1 is 0.833 bits per heavy atom. The van der Waals surface area contributed by atoms with Crippen molar-refractivity contribution >= 4 is 23.2 Å². The Morgan fingerprint density at radius 3 is 2.00 bits per heavy atom. The van der Waals surface area contributed by atoms with Crippen LogP contribution in [-0.4, -0.2) is 0 Å². The molecule has 0 nitrogen and oxygen atoms in total. The molecule has 24 heavy (non-hydrogen) atoms. The first-order valence-electron chi connectivity index (χ1n) is 9.76. The summed E-state index contributed by atoms with van der Waals surface area (Å²) in [6.07, 6.45) is 16.1. The summed E-state index contributed by atoms with van der Waals surface area (Å²) in [5.74, 6) is 3.67. The van der Waals surface area contributed by atoms with Crippen LogP contribution in [0.5, 0.6) is 0 Å². The largest absolute Gasteiger partial charge is 0.0933 e. The standard InChI is InChI=1S/C22H30Cl2/c23-16-15-19-5-11-21(12-6-19)20-9-3-17(4-10-20)1-2-18-7-13-22(24)14-8-18/h7-8,13-17,19-21H,1-6,9-12H2. The van der Waals surface area contributed by atoms with Gasteiger partial charge in [0.1, 0.15) is 0 Å². The van der Waals surface area contributed by atoms with Gasteiger partial charge in [-0.05, 0) is 92.7 Å². The first-order valence-corrected chi connectivity index (χ1v) is 10.6. The molecule has 0 bridgehead atoms. The third kappa shape index (κ3) is 5.27. The summed E-state index contributed by atoms with van der Waals surface area (Å²) < 4.78 is 0. The molecule has 0 aromatic heterocycles. The molecule has 2 heteroatoms. The number of hydrogen-bond donors (Lipinski definition) is 0. The lowest BCUT2D eigenvalue weighted by Crippen LogP contribution is -2.25. The lowest BCUT2D eigenvalue weighted by molar-refractivity contribution is 0.153. The molecule has 132 valence electrons. The molecule has 0 radical (unpaired) electrons. The van der Waals surface area contributed by atoms with Crippen LogP contribution in [0, 0.1) is 23.7 Å². The molecule has 0 unspecified atom stereocenters. The van der Waals surface area contributed by atoms with Crippen LogP contribution in [0.3, 0.4) is 0 Å². The van der Waals surface area contributed by atoms with Crippen LogP contribution in [0.4, 0.5) is 0 Å². The third-order valence-corrected chi connectivity index (χ3v) is 6.87. The van der Waals surface area contributed by atoms with Gasteiger partial charge in [0.05, 0.1) is 0 Å². The molecule has 0 N–H and O–H groups in total. The fourth-order valence-electron chi connectivity index (χ4n) is 4.88. The monoisotopic (exact) mass is 364 g/mol. The van der Waals surface area contributed by atoms with Crippen molar-refractivity contribution in [2.45, 2.75) is 64.2 Å². The zero-order valence-electron chi connectivity index (χ0n) is 14.6. The molecule has 0 saturated heterocycles. The number of halogens is 2. The van der Waals surface area contributed by atoms with E-state index in [4.69, 9.17) is 23.2 Å². The highest BCUT2D eigenvalue weighted by Crippen LogP contribution is 2.42. The molecule has 2 fully saturated rings. The van der Waals surface area contributed by atoms with E-state index in [1.807, 2.05) is 12.1 Å². The Balaban J connectivity index is 1.37. The van der Waals surface area contributed by atoms with E-state index < -0.39 is 0 Å². The minimum Gasteiger partial charge on any atom is -0.0933 e. The van der Waals surface area contributed by atoms with Gasteiger partial charge in [0, 0.05) is 10.6 Å². The Hall–Kier alpha value is -0.460. The molecular weight excluding hydrogens is 335 g/mol. The summed E-state index contributed by atoms with van der Waals surface area (Å²) in [6.45, 7) is 0. The molecule has 3 rings (SSSR count). The Kier molecular flexibility index (Phi) is 7.10. The van der Waals surface area contributed by atoms with E-state index in [0.29, 0.717) is 0 Å². The summed E-state index contributed by atoms with van der Waals surface area (Å²) >= 11 is 11.7. The highest BCUT2D eigenvalue weighted by molar-refractivity contribution is 6.30. The van der Waals surface area contributed by atoms with E-state index in [2.05, 4.69) is 18.2 Å². The van der Waals surface area contributed by atoms with Gasteiger partial charge in [0.2, 0.25) is 0 Å². The maximum absolute atomic E-state index is 5.97. The third-order valence-electron chi connectivity index (χ3n) is 6.47. The highest BCUT2D eigenvalue weighted by atomic mass is 35.5. The number of aryl methyl sites for hydroxylation is 1.